The van der Waals surface area contributed by atoms with Crippen LogP contribution in [0.15, 0.2) is 6.07 Å². The normalized spacial score (nSPS) is 14.1. The first-order valence-corrected chi connectivity index (χ1v) is 8.69. The zero-order valence-corrected chi connectivity index (χ0v) is 16.3. The maximum Gasteiger partial charge on any atom is 0.405 e. The summed E-state index contributed by atoms with van der Waals surface area (Å²) in [6, 6.07) is 1.58. The first kappa shape index (κ1) is 21.8. The predicted molar refractivity (Wildman–Crippen MR) is 102 cm³/mol. The Hall–Kier alpha value is -2.29. The number of ether oxygens (including phenoxy) is 1. The number of pyridine rings is 1. The van der Waals surface area contributed by atoms with Crippen LogP contribution in [-0.2, 0) is 4.74 Å². The molecule has 0 spiro atoms. The number of nitrogens with two attached hydrogens (primary N) is 1. The fourth-order valence-corrected chi connectivity index (χ4v) is 2.71. The average Bonchev–Trinajstić information content (AvgIpc) is 2.52. The Bertz CT molecular complexity index is 642. The summed E-state index contributed by atoms with van der Waals surface area (Å²) in [5, 5.41) is 14.2. The van der Waals surface area contributed by atoms with Crippen molar-refractivity contribution in [3.05, 3.63) is 21.3 Å². The fraction of sp³-hybridized carbons (Fsp3) is 0.625. The van der Waals surface area contributed by atoms with Crippen molar-refractivity contribution in [2.75, 3.05) is 30.4 Å². The highest BCUT2D eigenvalue weighted by Gasteiger charge is 2.26. The van der Waals surface area contributed by atoms with E-state index in [0.717, 1.165) is 25.9 Å². The summed E-state index contributed by atoms with van der Waals surface area (Å²) in [5.74, 6) is 0.216. The number of halogens is 1. The lowest BCUT2D eigenvalue weighted by atomic mass is 10.1. The van der Waals surface area contributed by atoms with E-state index < -0.39 is 16.6 Å². The number of piperidine rings is 1. The van der Waals surface area contributed by atoms with Crippen molar-refractivity contribution in [3.8, 4) is 0 Å². The second-order valence-corrected chi connectivity index (χ2v) is 7.14. The van der Waals surface area contributed by atoms with E-state index >= 15 is 0 Å². The van der Waals surface area contributed by atoms with E-state index in [2.05, 4.69) is 15.0 Å². The Morgan fingerprint density at radius 3 is 2.35 bits per heavy atom. The molecule has 9 nitrogen and oxygen atoms in total. The molecular weight excluding hydrogens is 362 g/mol. The van der Waals surface area contributed by atoms with Gasteiger partial charge in [0.15, 0.2) is 0 Å². The molecule has 1 aliphatic heterocycles. The van der Waals surface area contributed by atoms with Crippen molar-refractivity contribution in [1.82, 2.24) is 4.98 Å². The molecule has 2 heterocycles. The second kappa shape index (κ2) is 9.42. The van der Waals surface area contributed by atoms with Crippen LogP contribution in [0.2, 0.25) is 5.15 Å². The highest BCUT2D eigenvalue weighted by atomic mass is 35.5. The van der Waals surface area contributed by atoms with Crippen molar-refractivity contribution < 1.29 is 14.5 Å². The van der Waals surface area contributed by atoms with E-state index in [9.17, 15) is 14.9 Å². The van der Waals surface area contributed by atoms with Gasteiger partial charge in [0.2, 0.25) is 5.82 Å². The Morgan fingerprint density at radius 2 is 1.96 bits per heavy atom. The summed E-state index contributed by atoms with van der Waals surface area (Å²) in [5.41, 5.74) is 4.83. The standard InChI is InChI=1S/C11H15ClN4O2.C5H11NO2/c1-13-11-10(16(17)18)8(7-9(12)14-11)15-5-3-2-4-6-15;1-5(2,3)8-4(6)7/h7H,2-6H2,1H3,(H,13,14);1-3H3,(H2,6,7). The molecule has 0 atom stereocenters. The van der Waals surface area contributed by atoms with Crippen LogP contribution in [0.5, 0.6) is 0 Å². The zero-order chi connectivity index (χ0) is 19.9. The SMILES string of the molecule is CC(C)(C)OC(N)=O.CNc1nc(Cl)cc(N2CCCCC2)c1[N+](=O)[O-]. The Labute approximate surface area is 158 Å². The number of nitro groups is 1. The summed E-state index contributed by atoms with van der Waals surface area (Å²) < 4.78 is 4.58. The molecule has 0 radical (unpaired) electrons. The Morgan fingerprint density at radius 1 is 1.38 bits per heavy atom. The third-order valence-corrected chi connectivity index (χ3v) is 3.66. The molecule has 146 valence electrons. The molecule has 1 saturated heterocycles. The van der Waals surface area contributed by atoms with Gasteiger partial charge in [-0.3, -0.25) is 10.1 Å². The van der Waals surface area contributed by atoms with Gasteiger partial charge in [-0.05, 0) is 40.0 Å². The van der Waals surface area contributed by atoms with Crippen LogP contribution in [0.25, 0.3) is 0 Å². The Kier molecular flexibility index (Phi) is 7.88. The quantitative estimate of drug-likeness (QED) is 0.461. The van der Waals surface area contributed by atoms with Gasteiger partial charge in [0.05, 0.1) is 4.92 Å². The molecular formula is C16H26ClN5O4. The summed E-state index contributed by atoms with van der Waals surface area (Å²) in [6.07, 6.45) is 2.54. The van der Waals surface area contributed by atoms with Gasteiger partial charge in [0, 0.05) is 26.2 Å². The van der Waals surface area contributed by atoms with E-state index in [-0.39, 0.29) is 16.7 Å². The number of anilines is 2. The van der Waals surface area contributed by atoms with E-state index in [1.807, 2.05) is 4.90 Å². The highest BCUT2D eigenvalue weighted by molar-refractivity contribution is 6.30. The third kappa shape index (κ3) is 6.91. The first-order valence-electron chi connectivity index (χ1n) is 8.31. The molecule has 1 aliphatic rings. The van der Waals surface area contributed by atoms with Crippen LogP contribution >= 0.6 is 11.6 Å². The van der Waals surface area contributed by atoms with Gasteiger partial charge in [-0.2, -0.15) is 0 Å². The lowest BCUT2D eigenvalue weighted by molar-refractivity contribution is -0.383. The van der Waals surface area contributed by atoms with Gasteiger partial charge in [0.25, 0.3) is 0 Å². The molecule has 10 heteroatoms. The average molecular weight is 388 g/mol. The summed E-state index contributed by atoms with van der Waals surface area (Å²) in [6.45, 7) is 6.93. The number of hydrogen-bond donors (Lipinski definition) is 2. The van der Waals surface area contributed by atoms with Gasteiger partial charge in [0.1, 0.15) is 16.4 Å². The number of primary amides is 1. The van der Waals surface area contributed by atoms with Gasteiger partial charge < -0.3 is 20.7 Å². The van der Waals surface area contributed by atoms with Gasteiger partial charge >= 0.3 is 11.8 Å². The zero-order valence-electron chi connectivity index (χ0n) is 15.5. The molecule has 1 aromatic rings. The minimum atomic E-state index is -0.725. The van der Waals surface area contributed by atoms with E-state index in [1.54, 1.807) is 33.9 Å². The van der Waals surface area contributed by atoms with E-state index in [1.165, 1.54) is 6.42 Å². The fourth-order valence-electron chi connectivity index (χ4n) is 2.53. The third-order valence-electron chi connectivity index (χ3n) is 3.46. The van der Waals surface area contributed by atoms with Crippen LogP contribution in [0.1, 0.15) is 40.0 Å². The lowest BCUT2D eigenvalue weighted by Crippen LogP contribution is -2.30. The largest absolute Gasteiger partial charge is 0.444 e. The molecule has 0 saturated carbocycles. The number of nitrogens with one attached hydrogen (secondary N) is 1. The number of aromatic nitrogens is 1. The minimum Gasteiger partial charge on any atom is -0.444 e. The maximum absolute atomic E-state index is 11.2. The highest BCUT2D eigenvalue weighted by Crippen LogP contribution is 2.37. The lowest BCUT2D eigenvalue weighted by Gasteiger charge is -2.28. The van der Waals surface area contributed by atoms with Crippen LogP contribution in [0.4, 0.5) is 22.0 Å². The Balaban J connectivity index is 0.000000359. The van der Waals surface area contributed by atoms with Crippen LogP contribution in [-0.4, -0.2) is 41.7 Å². The molecule has 0 aromatic carbocycles. The van der Waals surface area contributed by atoms with Crippen molar-refractivity contribution in [2.24, 2.45) is 5.73 Å². The maximum atomic E-state index is 11.2. The molecule has 0 unspecified atom stereocenters. The first-order chi connectivity index (χ1) is 12.0. The van der Waals surface area contributed by atoms with Gasteiger partial charge in [-0.25, -0.2) is 9.78 Å². The number of carbonyl (C=O) groups is 1. The van der Waals surface area contributed by atoms with Crippen molar-refractivity contribution in [2.45, 2.75) is 45.6 Å². The van der Waals surface area contributed by atoms with E-state index in [0.29, 0.717) is 5.69 Å². The molecule has 0 bridgehead atoms. The molecule has 2 rings (SSSR count). The second-order valence-electron chi connectivity index (χ2n) is 6.75. The topological polar surface area (TPSA) is 124 Å². The number of amides is 1. The van der Waals surface area contributed by atoms with Crippen molar-refractivity contribution in [3.63, 3.8) is 0 Å². The smallest absolute Gasteiger partial charge is 0.405 e. The van der Waals surface area contributed by atoms with Crippen LogP contribution in [0, 0.1) is 10.1 Å². The monoisotopic (exact) mass is 387 g/mol. The predicted octanol–water partition coefficient (Wildman–Crippen LogP) is 3.56. The van der Waals surface area contributed by atoms with Gasteiger partial charge in [-0.15, -0.1) is 0 Å². The van der Waals surface area contributed by atoms with E-state index in [4.69, 9.17) is 17.3 Å². The summed E-state index contributed by atoms with van der Waals surface area (Å²) in [7, 11) is 1.60. The number of nitrogens with zero attached hydrogens (tertiary/aromatic N) is 3. The van der Waals surface area contributed by atoms with Crippen LogP contribution in [0.3, 0.4) is 0 Å². The minimum absolute atomic E-state index is 0.00352. The van der Waals surface area contributed by atoms with Crippen molar-refractivity contribution >= 4 is 34.9 Å². The molecule has 26 heavy (non-hydrogen) atoms. The molecule has 3 N–H and O–H groups in total. The number of carbonyl (C=O) groups excluding carboxylic acids is 1. The molecule has 1 aromatic heterocycles. The van der Waals surface area contributed by atoms with Crippen LogP contribution < -0.4 is 16.0 Å². The molecule has 1 amide bonds. The van der Waals surface area contributed by atoms with Crippen molar-refractivity contribution in [1.29, 1.82) is 0 Å². The number of hydrogen-bond acceptors (Lipinski definition) is 7. The summed E-state index contributed by atoms with van der Waals surface area (Å²) in [4.78, 5) is 26.8. The number of rotatable bonds is 3. The summed E-state index contributed by atoms with van der Waals surface area (Å²) >= 11 is 5.92. The molecule has 0 aliphatic carbocycles. The van der Waals surface area contributed by atoms with Gasteiger partial charge in [-0.1, -0.05) is 11.6 Å². The molecule has 1 fully saturated rings.